The highest BCUT2D eigenvalue weighted by Crippen LogP contribution is 2.19. The van der Waals surface area contributed by atoms with Gasteiger partial charge in [-0.3, -0.25) is 4.98 Å². The Labute approximate surface area is 94.1 Å². The number of pyridine rings is 1. The van der Waals surface area contributed by atoms with Crippen LogP contribution < -0.4 is 5.73 Å². The molecule has 0 aliphatic carbocycles. The van der Waals surface area contributed by atoms with Crippen molar-refractivity contribution < 1.29 is 0 Å². The van der Waals surface area contributed by atoms with Gasteiger partial charge in [0.15, 0.2) is 0 Å². The quantitative estimate of drug-likeness (QED) is 0.802. The van der Waals surface area contributed by atoms with E-state index in [-0.39, 0.29) is 6.04 Å². The predicted molar refractivity (Wildman–Crippen MR) is 60.9 cm³/mol. The molecule has 3 heterocycles. The van der Waals surface area contributed by atoms with Crippen molar-refractivity contribution in [2.45, 2.75) is 25.4 Å². The first-order valence-corrected chi connectivity index (χ1v) is 5.50. The third kappa shape index (κ3) is 1.61. The number of rotatable bonds is 2. The van der Waals surface area contributed by atoms with E-state index >= 15 is 0 Å². The standard InChI is InChI=1S/C12H14N4/c13-10-5-12-11(15-8-16(12)7-10)4-9-2-1-3-14-6-9/h1-3,6,8,10H,4-5,7,13H2. The van der Waals surface area contributed by atoms with Crippen LogP contribution in [0, 0.1) is 0 Å². The first-order valence-electron chi connectivity index (χ1n) is 5.50. The molecule has 3 rings (SSSR count). The second kappa shape index (κ2) is 3.72. The molecule has 0 saturated carbocycles. The number of hydrogen-bond acceptors (Lipinski definition) is 3. The molecule has 2 aromatic heterocycles. The maximum Gasteiger partial charge on any atom is 0.0952 e. The van der Waals surface area contributed by atoms with Gasteiger partial charge in [0.1, 0.15) is 0 Å². The molecule has 16 heavy (non-hydrogen) atoms. The number of imidazole rings is 1. The summed E-state index contributed by atoms with van der Waals surface area (Å²) in [6, 6.07) is 4.29. The lowest BCUT2D eigenvalue weighted by atomic mass is 10.1. The summed E-state index contributed by atoms with van der Waals surface area (Å²) in [4.78, 5) is 8.56. The van der Waals surface area contributed by atoms with Crippen molar-refractivity contribution >= 4 is 0 Å². The number of nitrogens with zero attached hydrogens (tertiary/aromatic N) is 3. The van der Waals surface area contributed by atoms with Gasteiger partial charge >= 0.3 is 0 Å². The zero-order valence-corrected chi connectivity index (χ0v) is 9.00. The van der Waals surface area contributed by atoms with Crippen molar-refractivity contribution in [2.24, 2.45) is 5.73 Å². The molecule has 1 atom stereocenters. The molecule has 1 unspecified atom stereocenters. The van der Waals surface area contributed by atoms with E-state index in [9.17, 15) is 0 Å². The third-order valence-electron chi connectivity index (χ3n) is 3.01. The van der Waals surface area contributed by atoms with Crippen LogP contribution in [-0.4, -0.2) is 20.6 Å². The Morgan fingerprint density at radius 1 is 1.50 bits per heavy atom. The van der Waals surface area contributed by atoms with Gasteiger partial charge in [-0.1, -0.05) is 6.07 Å². The van der Waals surface area contributed by atoms with Crippen LogP contribution in [-0.2, 0) is 19.4 Å². The van der Waals surface area contributed by atoms with Crippen molar-refractivity contribution in [1.82, 2.24) is 14.5 Å². The lowest BCUT2D eigenvalue weighted by Gasteiger charge is -2.00. The van der Waals surface area contributed by atoms with Crippen molar-refractivity contribution in [3.8, 4) is 0 Å². The molecule has 4 nitrogen and oxygen atoms in total. The molecule has 0 spiro atoms. The minimum Gasteiger partial charge on any atom is -0.333 e. The molecule has 0 radical (unpaired) electrons. The molecule has 2 N–H and O–H groups in total. The Hall–Kier alpha value is -1.68. The lowest BCUT2D eigenvalue weighted by Crippen LogP contribution is -2.20. The number of nitrogens with two attached hydrogens (primary N) is 1. The maximum absolute atomic E-state index is 5.93. The Morgan fingerprint density at radius 2 is 2.44 bits per heavy atom. The topological polar surface area (TPSA) is 56.7 Å². The summed E-state index contributed by atoms with van der Waals surface area (Å²) in [5, 5.41) is 0. The molecule has 4 heteroatoms. The van der Waals surface area contributed by atoms with Gasteiger partial charge in [-0.2, -0.15) is 0 Å². The SMILES string of the molecule is NC1Cc2c(Cc3cccnc3)ncn2C1. The van der Waals surface area contributed by atoms with E-state index < -0.39 is 0 Å². The monoisotopic (exact) mass is 214 g/mol. The van der Waals surface area contributed by atoms with Crippen LogP contribution in [0.3, 0.4) is 0 Å². The smallest absolute Gasteiger partial charge is 0.0952 e. The van der Waals surface area contributed by atoms with Crippen LogP contribution in [0.2, 0.25) is 0 Å². The first kappa shape index (κ1) is 9.54. The van der Waals surface area contributed by atoms with Crippen molar-refractivity contribution in [3.05, 3.63) is 47.8 Å². The van der Waals surface area contributed by atoms with E-state index in [1.807, 2.05) is 18.6 Å². The molecule has 0 saturated heterocycles. The molecule has 0 aromatic carbocycles. The van der Waals surface area contributed by atoms with Gasteiger partial charge in [-0.15, -0.1) is 0 Å². The van der Waals surface area contributed by atoms with Crippen LogP contribution >= 0.6 is 0 Å². The molecule has 0 amide bonds. The number of aromatic nitrogens is 3. The lowest BCUT2D eigenvalue weighted by molar-refractivity contribution is 0.636. The largest absolute Gasteiger partial charge is 0.333 e. The second-order valence-corrected chi connectivity index (χ2v) is 4.29. The zero-order valence-electron chi connectivity index (χ0n) is 9.00. The average molecular weight is 214 g/mol. The van der Waals surface area contributed by atoms with Crippen LogP contribution in [0.4, 0.5) is 0 Å². The van der Waals surface area contributed by atoms with E-state index in [0.717, 1.165) is 25.1 Å². The molecule has 1 aliphatic heterocycles. The highest BCUT2D eigenvalue weighted by molar-refractivity contribution is 5.25. The highest BCUT2D eigenvalue weighted by Gasteiger charge is 2.21. The van der Waals surface area contributed by atoms with E-state index in [4.69, 9.17) is 5.73 Å². The van der Waals surface area contributed by atoms with Gasteiger partial charge in [0.25, 0.3) is 0 Å². The van der Waals surface area contributed by atoms with Crippen LogP contribution in [0.5, 0.6) is 0 Å². The minimum absolute atomic E-state index is 0.255. The fourth-order valence-electron chi connectivity index (χ4n) is 2.25. The third-order valence-corrected chi connectivity index (χ3v) is 3.01. The second-order valence-electron chi connectivity index (χ2n) is 4.29. The van der Waals surface area contributed by atoms with E-state index in [1.54, 1.807) is 6.20 Å². The Balaban J connectivity index is 1.87. The number of hydrogen-bond donors (Lipinski definition) is 1. The fourth-order valence-corrected chi connectivity index (χ4v) is 2.25. The minimum atomic E-state index is 0.255. The molecule has 82 valence electrons. The fraction of sp³-hybridized carbons (Fsp3) is 0.333. The molecule has 1 aliphatic rings. The average Bonchev–Trinajstić information content (AvgIpc) is 2.81. The van der Waals surface area contributed by atoms with Crippen molar-refractivity contribution in [3.63, 3.8) is 0 Å². The summed E-state index contributed by atoms with van der Waals surface area (Å²) in [6.07, 6.45) is 7.37. The molecular weight excluding hydrogens is 200 g/mol. The Bertz CT molecular complexity index is 489. The van der Waals surface area contributed by atoms with Gasteiger partial charge in [-0.05, 0) is 11.6 Å². The Morgan fingerprint density at radius 3 is 3.25 bits per heavy atom. The molecular formula is C12H14N4. The molecule has 0 bridgehead atoms. The van der Waals surface area contributed by atoms with Crippen LogP contribution in [0.25, 0.3) is 0 Å². The van der Waals surface area contributed by atoms with Crippen molar-refractivity contribution in [2.75, 3.05) is 0 Å². The first-order chi connectivity index (χ1) is 7.83. The van der Waals surface area contributed by atoms with Gasteiger partial charge < -0.3 is 10.3 Å². The van der Waals surface area contributed by atoms with Gasteiger partial charge in [-0.25, -0.2) is 4.98 Å². The summed E-state index contributed by atoms with van der Waals surface area (Å²) < 4.78 is 2.16. The summed E-state index contributed by atoms with van der Waals surface area (Å²) in [7, 11) is 0. The summed E-state index contributed by atoms with van der Waals surface area (Å²) in [5.41, 5.74) is 9.56. The predicted octanol–water partition coefficient (Wildman–Crippen LogP) is 0.752. The molecule has 2 aromatic rings. The van der Waals surface area contributed by atoms with Gasteiger partial charge in [0.05, 0.1) is 12.0 Å². The van der Waals surface area contributed by atoms with Crippen LogP contribution in [0.15, 0.2) is 30.9 Å². The summed E-state index contributed by atoms with van der Waals surface area (Å²) in [6.45, 7) is 0.898. The van der Waals surface area contributed by atoms with Gasteiger partial charge in [0.2, 0.25) is 0 Å². The van der Waals surface area contributed by atoms with E-state index in [0.29, 0.717) is 0 Å². The van der Waals surface area contributed by atoms with Gasteiger partial charge in [0, 0.05) is 43.5 Å². The zero-order chi connectivity index (χ0) is 11.0. The summed E-state index contributed by atoms with van der Waals surface area (Å²) in [5.74, 6) is 0. The van der Waals surface area contributed by atoms with Crippen molar-refractivity contribution in [1.29, 1.82) is 0 Å². The highest BCUT2D eigenvalue weighted by atomic mass is 15.1. The van der Waals surface area contributed by atoms with E-state index in [2.05, 4.69) is 20.6 Å². The number of fused-ring (bicyclic) bond motifs is 1. The molecule has 0 fully saturated rings. The summed E-state index contributed by atoms with van der Waals surface area (Å²) >= 11 is 0. The van der Waals surface area contributed by atoms with Crippen LogP contribution in [0.1, 0.15) is 17.0 Å². The Kier molecular flexibility index (Phi) is 2.22. The maximum atomic E-state index is 5.93. The normalized spacial score (nSPS) is 18.7. The van der Waals surface area contributed by atoms with E-state index in [1.165, 1.54) is 11.3 Å².